The Morgan fingerprint density at radius 3 is 0.855 bits per heavy atom. The molecule has 9 aromatic rings. The zero-order valence-electron chi connectivity index (χ0n) is 30.4. The van der Waals surface area contributed by atoms with Crippen molar-refractivity contribution >= 4 is 17.1 Å². The van der Waals surface area contributed by atoms with Crippen LogP contribution in [0.2, 0.25) is 0 Å². The van der Waals surface area contributed by atoms with Gasteiger partial charge in [-0.15, -0.1) is 0 Å². The molecule has 0 N–H and O–H groups in total. The summed E-state index contributed by atoms with van der Waals surface area (Å²) in [7, 11) is 5.94. The zero-order valence-corrected chi connectivity index (χ0v) is 30.4. The predicted molar refractivity (Wildman–Crippen MR) is 207 cm³/mol. The Morgan fingerprint density at radius 2 is 0.600 bits per heavy atom. The lowest BCUT2D eigenvalue weighted by molar-refractivity contribution is -0.671. The highest BCUT2D eigenvalue weighted by Crippen LogP contribution is 2.38. The minimum Gasteiger partial charge on any atom is -0.436 e. The second-order valence-electron chi connectivity index (χ2n) is 13.3. The number of aromatic nitrogens is 6. The number of oxazole rings is 3. The molecule has 0 unspecified atom stereocenters. The molecule has 0 saturated heterocycles. The number of pyridine rings is 3. The van der Waals surface area contributed by atoms with Crippen molar-refractivity contribution in [3.63, 3.8) is 0 Å². The van der Waals surface area contributed by atoms with Gasteiger partial charge in [-0.2, -0.15) is 0 Å². The molecule has 0 saturated carbocycles. The smallest absolute Gasteiger partial charge is 0.227 e. The van der Waals surface area contributed by atoms with E-state index in [9.17, 15) is 0 Å². The molecule has 266 valence electrons. The van der Waals surface area contributed by atoms with E-state index in [1.807, 2.05) is 108 Å². The summed E-state index contributed by atoms with van der Waals surface area (Å²) in [4.78, 5) is 15.8. The van der Waals surface area contributed by atoms with Crippen molar-refractivity contribution in [2.24, 2.45) is 21.1 Å². The van der Waals surface area contributed by atoms with Crippen LogP contribution in [0.4, 0.5) is 17.1 Å². The van der Waals surface area contributed by atoms with Crippen LogP contribution in [0, 0.1) is 0 Å². The van der Waals surface area contributed by atoms with E-state index in [2.05, 4.69) is 92.6 Å². The SMILES string of the molecule is C[n+]1ccc(-c2ncc(-c3ccc(N(c4ccc(-c5cnc(-c6cc[n+](C)cc6)o5)cc4)c4ccc(-c5cnc(-c6cc[n+](C)cc6)o5)cc4)cc3)o2)cc1. The summed E-state index contributed by atoms with van der Waals surface area (Å²) in [5, 5.41) is 0. The Morgan fingerprint density at radius 1 is 0.345 bits per heavy atom. The van der Waals surface area contributed by atoms with Gasteiger partial charge in [0, 0.05) is 86.8 Å². The van der Waals surface area contributed by atoms with Crippen LogP contribution < -0.4 is 18.6 Å². The van der Waals surface area contributed by atoms with Crippen molar-refractivity contribution in [1.29, 1.82) is 0 Å². The second-order valence-corrected chi connectivity index (χ2v) is 13.3. The van der Waals surface area contributed by atoms with Crippen molar-refractivity contribution < 1.29 is 27.0 Å². The number of anilines is 3. The van der Waals surface area contributed by atoms with Crippen molar-refractivity contribution in [3.8, 4) is 68.3 Å². The molecule has 6 aromatic heterocycles. The Bertz CT molecular complexity index is 2390. The molecule has 0 aliphatic rings. The van der Waals surface area contributed by atoms with Gasteiger partial charge in [-0.3, -0.25) is 0 Å². The van der Waals surface area contributed by atoms with Gasteiger partial charge in [0.15, 0.2) is 54.5 Å². The number of hydrogen-bond acceptors (Lipinski definition) is 7. The summed E-state index contributed by atoms with van der Waals surface area (Å²) < 4.78 is 24.5. The molecular weight excluding hydrogens is 687 g/mol. The molecule has 0 atom stereocenters. The molecule has 9 rings (SSSR count). The fraction of sp³-hybridized carbons (Fsp3) is 0.0667. The standard InChI is InChI=1S/C45H36N7O3/c1-49-22-16-34(17-23-49)43-46-28-40(53-43)31-4-10-37(11-5-31)52(38-12-6-32(7-13-38)41-29-47-44(54-41)35-18-24-50(2)25-19-35)39-14-8-33(9-15-39)42-30-48-45(55-42)36-20-26-51(3)27-21-36/h4-30H,1-3H3/q+3. The minimum absolute atomic E-state index is 0.579. The van der Waals surface area contributed by atoms with Gasteiger partial charge < -0.3 is 18.2 Å². The van der Waals surface area contributed by atoms with E-state index >= 15 is 0 Å². The van der Waals surface area contributed by atoms with E-state index in [1.54, 1.807) is 18.6 Å². The van der Waals surface area contributed by atoms with Gasteiger partial charge in [-0.1, -0.05) is 0 Å². The van der Waals surface area contributed by atoms with Crippen LogP contribution >= 0.6 is 0 Å². The molecule has 0 aliphatic heterocycles. The number of rotatable bonds is 9. The molecule has 55 heavy (non-hydrogen) atoms. The molecule has 0 amide bonds. The number of hydrogen-bond donors (Lipinski definition) is 0. The Hall–Kier alpha value is -7.46. The van der Waals surface area contributed by atoms with Gasteiger partial charge in [-0.05, 0) is 72.8 Å². The quantitative estimate of drug-likeness (QED) is 0.138. The van der Waals surface area contributed by atoms with Crippen LogP contribution in [0.5, 0.6) is 0 Å². The van der Waals surface area contributed by atoms with Crippen LogP contribution in [-0.4, -0.2) is 15.0 Å². The highest BCUT2D eigenvalue weighted by atomic mass is 16.4. The first-order valence-electron chi connectivity index (χ1n) is 17.8. The first kappa shape index (κ1) is 33.4. The fourth-order valence-electron chi connectivity index (χ4n) is 6.33. The van der Waals surface area contributed by atoms with Crippen molar-refractivity contribution in [2.75, 3.05) is 4.90 Å². The van der Waals surface area contributed by atoms with E-state index in [1.165, 1.54) is 0 Å². The number of nitrogens with zero attached hydrogens (tertiary/aromatic N) is 7. The van der Waals surface area contributed by atoms with Crippen molar-refractivity contribution in [2.45, 2.75) is 0 Å². The van der Waals surface area contributed by atoms with Crippen molar-refractivity contribution in [1.82, 2.24) is 15.0 Å². The molecule has 3 aromatic carbocycles. The van der Waals surface area contributed by atoms with E-state index < -0.39 is 0 Å². The van der Waals surface area contributed by atoms with Crippen LogP contribution in [0.1, 0.15) is 0 Å². The summed E-state index contributed by atoms with van der Waals surface area (Å²) in [6, 6.07) is 36.8. The average molecular weight is 723 g/mol. The van der Waals surface area contributed by atoms with Crippen LogP contribution in [0.25, 0.3) is 68.3 Å². The normalized spacial score (nSPS) is 11.2. The van der Waals surface area contributed by atoms with E-state index in [4.69, 9.17) is 13.3 Å². The maximum absolute atomic E-state index is 6.18. The summed E-state index contributed by atoms with van der Waals surface area (Å²) >= 11 is 0. The zero-order chi connectivity index (χ0) is 37.3. The second kappa shape index (κ2) is 14.2. The summed E-state index contributed by atoms with van der Waals surface area (Å²) in [6.45, 7) is 0. The molecule has 10 nitrogen and oxygen atoms in total. The summed E-state index contributed by atoms with van der Waals surface area (Å²) in [6.07, 6.45) is 17.2. The van der Waals surface area contributed by atoms with Gasteiger partial charge >= 0.3 is 0 Å². The first-order chi connectivity index (χ1) is 26.9. The maximum Gasteiger partial charge on any atom is 0.227 e. The van der Waals surface area contributed by atoms with Crippen molar-refractivity contribution in [3.05, 3.63) is 165 Å². The highest BCUT2D eigenvalue weighted by Gasteiger charge is 2.17. The third-order valence-electron chi connectivity index (χ3n) is 9.42. The molecule has 6 heterocycles. The average Bonchev–Trinajstić information content (AvgIpc) is 4.03. The molecule has 0 aliphatic carbocycles. The molecule has 10 heteroatoms. The largest absolute Gasteiger partial charge is 0.436 e. The van der Waals surface area contributed by atoms with Crippen LogP contribution in [0.15, 0.2) is 178 Å². The van der Waals surface area contributed by atoms with Gasteiger partial charge in [0.25, 0.3) is 0 Å². The Balaban J connectivity index is 1.03. The van der Waals surface area contributed by atoms with Gasteiger partial charge in [0.05, 0.1) is 18.6 Å². The molecule has 0 bridgehead atoms. The number of benzene rings is 3. The molecule has 0 radical (unpaired) electrons. The van der Waals surface area contributed by atoms with Gasteiger partial charge in [0.1, 0.15) is 21.1 Å². The lowest BCUT2D eigenvalue weighted by Gasteiger charge is -2.26. The van der Waals surface area contributed by atoms with E-state index in [-0.39, 0.29) is 0 Å². The third kappa shape index (κ3) is 6.92. The first-order valence-corrected chi connectivity index (χ1v) is 17.8. The summed E-state index contributed by atoms with van der Waals surface area (Å²) in [5.41, 5.74) is 8.46. The van der Waals surface area contributed by atoms with Gasteiger partial charge in [0.2, 0.25) is 17.7 Å². The minimum atomic E-state index is 0.579. The highest BCUT2D eigenvalue weighted by molar-refractivity contribution is 5.80. The Kier molecular flexibility index (Phi) is 8.60. The molecule has 0 fully saturated rings. The number of aryl methyl sites for hydroxylation is 3. The monoisotopic (exact) mass is 722 g/mol. The maximum atomic E-state index is 6.18. The van der Waals surface area contributed by atoms with Crippen LogP contribution in [-0.2, 0) is 21.1 Å². The van der Waals surface area contributed by atoms with Crippen LogP contribution in [0.3, 0.4) is 0 Å². The summed E-state index contributed by atoms with van der Waals surface area (Å²) in [5.74, 6) is 3.82. The Labute approximate surface area is 317 Å². The van der Waals surface area contributed by atoms with E-state index in [0.29, 0.717) is 35.0 Å². The topological polar surface area (TPSA) is 93.0 Å². The van der Waals surface area contributed by atoms with E-state index in [0.717, 1.165) is 50.4 Å². The lowest BCUT2D eigenvalue weighted by Crippen LogP contribution is -2.25. The third-order valence-corrected chi connectivity index (χ3v) is 9.42. The van der Waals surface area contributed by atoms with Gasteiger partial charge in [-0.25, -0.2) is 28.7 Å². The molecule has 0 spiro atoms. The lowest BCUT2D eigenvalue weighted by atomic mass is 10.1. The predicted octanol–water partition coefficient (Wildman–Crippen LogP) is 8.60. The molecular formula is C45H36N7O3+3. The fourth-order valence-corrected chi connectivity index (χ4v) is 6.33.